The smallest absolute Gasteiger partial charge is 0.334 e. The molecule has 0 bridgehead atoms. The summed E-state index contributed by atoms with van der Waals surface area (Å²) in [5, 5.41) is 10.7. The minimum Gasteiger partial charge on any atom is -0.494 e. The monoisotopic (exact) mass is 392 g/mol. The first-order valence-electron chi connectivity index (χ1n) is 8.84. The minimum absolute atomic E-state index is 0.191. The van der Waals surface area contributed by atoms with Gasteiger partial charge in [-0.25, -0.2) is 4.79 Å². The fourth-order valence-electron chi connectivity index (χ4n) is 3.58. The van der Waals surface area contributed by atoms with E-state index in [1.165, 1.54) is 6.92 Å². The number of hydrogen-bond acceptors (Lipinski definition) is 5. The maximum atomic E-state index is 12.9. The zero-order chi connectivity index (χ0) is 19.6. The zero-order valence-electron chi connectivity index (χ0n) is 14.9. The van der Waals surface area contributed by atoms with Gasteiger partial charge >= 0.3 is 11.7 Å². The minimum atomic E-state index is -0.605. The fraction of sp³-hybridized carbons (Fsp3) is 0.421. The highest BCUT2D eigenvalue weighted by atomic mass is 35.5. The average Bonchev–Trinajstić information content (AvgIpc) is 3.01. The van der Waals surface area contributed by atoms with Crippen LogP contribution in [0.1, 0.15) is 37.8 Å². The van der Waals surface area contributed by atoms with E-state index in [4.69, 9.17) is 16.3 Å². The normalized spacial score (nSPS) is 19.2. The van der Waals surface area contributed by atoms with Crippen LogP contribution in [-0.2, 0) is 22.5 Å². The number of aromatic hydroxyl groups is 1. The van der Waals surface area contributed by atoms with Crippen molar-refractivity contribution in [2.75, 3.05) is 0 Å². The highest BCUT2D eigenvalue weighted by Crippen LogP contribution is 2.31. The molecule has 0 aliphatic heterocycles. The molecule has 1 aliphatic carbocycles. The molecule has 1 fully saturated rings. The van der Waals surface area contributed by atoms with Crippen LogP contribution in [0.4, 0.5) is 0 Å². The summed E-state index contributed by atoms with van der Waals surface area (Å²) >= 11 is 5.97. The Morgan fingerprint density at radius 3 is 2.78 bits per heavy atom. The number of aromatic nitrogens is 2. The number of benzene rings is 1. The first-order valence-corrected chi connectivity index (χ1v) is 9.21. The Hall–Kier alpha value is -2.54. The first kappa shape index (κ1) is 19.2. The van der Waals surface area contributed by atoms with Crippen LogP contribution in [0.2, 0.25) is 5.02 Å². The highest BCUT2D eigenvalue weighted by Gasteiger charge is 2.33. The van der Waals surface area contributed by atoms with Crippen molar-refractivity contribution in [3.63, 3.8) is 0 Å². The second kappa shape index (κ2) is 8.00. The summed E-state index contributed by atoms with van der Waals surface area (Å²) in [4.78, 5) is 36.6. The van der Waals surface area contributed by atoms with Crippen molar-refractivity contribution in [3.05, 3.63) is 61.8 Å². The molecule has 1 heterocycles. The van der Waals surface area contributed by atoms with Gasteiger partial charge in [-0.2, -0.15) is 0 Å². The summed E-state index contributed by atoms with van der Waals surface area (Å²) in [6, 6.07) is 7.73. The van der Waals surface area contributed by atoms with Crippen LogP contribution >= 0.6 is 11.6 Å². The largest absolute Gasteiger partial charge is 0.494 e. The van der Waals surface area contributed by atoms with Crippen molar-refractivity contribution in [1.82, 2.24) is 9.13 Å². The van der Waals surface area contributed by atoms with E-state index in [2.05, 4.69) is 0 Å². The van der Waals surface area contributed by atoms with Gasteiger partial charge in [0.05, 0.1) is 12.1 Å². The SMILES string of the molecule is CC(=O)O[C@@H]1CCC[C@@H]1n1c(=O)cc(O)n(CCc2cccc(Cl)c2)c1=O. The molecule has 1 N–H and O–H groups in total. The van der Waals surface area contributed by atoms with E-state index in [-0.39, 0.29) is 12.4 Å². The molecule has 8 heteroatoms. The molecule has 0 radical (unpaired) electrons. The average molecular weight is 393 g/mol. The van der Waals surface area contributed by atoms with E-state index in [1.807, 2.05) is 12.1 Å². The Bertz CT molecular complexity index is 965. The van der Waals surface area contributed by atoms with E-state index in [0.29, 0.717) is 24.3 Å². The lowest BCUT2D eigenvalue weighted by Crippen LogP contribution is -2.44. The third-order valence-electron chi connectivity index (χ3n) is 4.78. The number of halogens is 1. The van der Waals surface area contributed by atoms with Crippen molar-refractivity contribution >= 4 is 17.6 Å². The fourth-order valence-corrected chi connectivity index (χ4v) is 3.79. The van der Waals surface area contributed by atoms with Gasteiger partial charge in [-0.05, 0) is 43.4 Å². The molecule has 2 aromatic rings. The molecule has 0 amide bonds. The number of rotatable bonds is 5. The molecule has 144 valence electrons. The Labute approximate surface area is 160 Å². The number of ether oxygens (including phenoxy) is 1. The Morgan fingerprint density at radius 1 is 1.30 bits per heavy atom. The van der Waals surface area contributed by atoms with E-state index >= 15 is 0 Å². The highest BCUT2D eigenvalue weighted by molar-refractivity contribution is 6.30. The van der Waals surface area contributed by atoms with Gasteiger partial charge in [0.1, 0.15) is 6.10 Å². The predicted molar refractivity (Wildman–Crippen MR) is 100 cm³/mol. The van der Waals surface area contributed by atoms with Crippen molar-refractivity contribution in [3.8, 4) is 5.88 Å². The summed E-state index contributed by atoms with van der Waals surface area (Å²) in [6.45, 7) is 1.49. The topological polar surface area (TPSA) is 90.5 Å². The molecule has 0 saturated heterocycles. The lowest BCUT2D eigenvalue weighted by Gasteiger charge is -2.22. The Kier molecular flexibility index (Phi) is 5.70. The molecule has 1 aromatic carbocycles. The third kappa shape index (κ3) is 4.24. The Morgan fingerprint density at radius 2 is 2.07 bits per heavy atom. The molecule has 3 rings (SSSR count). The number of hydrogen-bond donors (Lipinski definition) is 1. The van der Waals surface area contributed by atoms with Crippen LogP contribution in [0.5, 0.6) is 5.88 Å². The summed E-state index contributed by atoms with van der Waals surface area (Å²) in [5.41, 5.74) is -0.295. The van der Waals surface area contributed by atoms with Crippen LogP contribution in [0.25, 0.3) is 0 Å². The van der Waals surface area contributed by atoms with Crippen LogP contribution in [0.15, 0.2) is 39.9 Å². The molecule has 1 saturated carbocycles. The van der Waals surface area contributed by atoms with E-state index in [1.54, 1.807) is 12.1 Å². The molecule has 1 aromatic heterocycles. The van der Waals surface area contributed by atoms with Crippen molar-refractivity contribution < 1.29 is 14.6 Å². The molecule has 2 atom stereocenters. The van der Waals surface area contributed by atoms with Gasteiger partial charge in [0.15, 0.2) is 0 Å². The molecule has 0 spiro atoms. The number of nitrogens with zero attached hydrogens (tertiary/aromatic N) is 2. The van der Waals surface area contributed by atoms with Crippen LogP contribution in [0.3, 0.4) is 0 Å². The standard InChI is InChI=1S/C19H21ClN2O5/c1-12(23)27-16-7-3-6-15(16)22-18(25)11-17(24)21(19(22)26)9-8-13-4-2-5-14(20)10-13/h2,4-5,10-11,15-16,24H,3,6-9H2,1H3/t15-,16+/m0/s1. The molecule has 7 nitrogen and oxygen atoms in total. The summed E-state index contributed by atoms with van der Waals surface area (Å²) in [6.07, 6.45) is 1.85. The maximum Gasteiger partial charge on any atom is 0.334 e. The number of carbonyl (C=O) groups is 1. The molecule has 1 aliphatic rings. The number of carbonyl (C=O) groups excluding carboxylic acids is 1. The maximum absolute atomic E-state index is 12.9. The van der Waals surface area contributed by atoms with E-state index < -0.39 is 29.4 Å². The molecule has 0 unspecified atom stereocenters. The van der Waals surface area contributed by atoms with Gasteiger partial charge in [-0.15, -0.1) is 0 Å². The predicted octanol–water partition coefficient (Wildman–Crippen LogP) is 2.27. The van der Waals surface area contributed by atoms with E-state index in [0.717, 1.165) is 27.2 Å². The zero-order valence-corrected chi connectivity index (χ0v) is 15.7. The van der Waals surface area contributed by atoms with Crippen molar-refractivity contribution in [2.45, 2.75) is 51.3 Å². The van der Waals surface area contributed by atoms with Crippen LogP contribution in [-0.4, -0.2) is 26.3 Å². The Balaban J connectivity index is 1.92. The molecular weight excluding hydrogens is 372 g/mol. The van der Waals surface area contributed by atoms with Gasteiger partial charge in [0.25, 0.3) is 5.56 Å². The summed E-state index contributed by atoms with van der Waals surface area (Å²) in [7, 11) is 0. The van der Waals surface area contributed by atoms with Gasteiger partial charge < -0.3 is 9.84 Å². The number of esters is 1. The van der Waals surface area contributed by atoms with Crippen LogP contribution < -0.4 is 11.2 Å². The second-order valence-electron chi connectivity index (χ2n) is 6.67. The summed E-state index contributed by atoms with van der Waals surface area (Å²) < 4.78 is 7.53. The quantitative estimate of drug-likeness (QED) is 0.788. The first-order chi connectivity index (χ1) is 12.9. The van der Waals surface area contributed by atoms with Gasteiger partial charge in [-0.3, -0.25) is 18.7 Å². The van der Waals surface area contributed by atoms with Crippen molar-refractivity contribution in [1.29, 1.82) is 0 Å². The lowest BCUT2D eigenvalue weighted by atomic mass is 10.1. The lowest BCUT2D eigenvalue weighted by molar-refractivity contribution is -0.147. The number of aryl methyl sites for hydroxylation is 1. The molecule has 27 heavy (non-hydrogen) atoms. The van der Waals surface area contributed by atoms with Gasteiger partial charge in [-0.1, -0.05) is 23.7 Å². The van der Waals surface area contributed by atoms with Gasteiger partial charge in [0, 0.05) is 18.5 Å². The molecular formula is C19H21ClN2O5. The van der Waals surface area contributed by atoms with Crippen molar-refractivity contribution in [2.24, 2.45) is 0 Å². The van der Waals surface area contributed by atoms with E-state index in [9.17, 15) is 19.5 Å². The van der Waals surface area contributed by atoms with Gasteiger partial charge in [0.2, 0.25) is 5.88 Å². The third-order valence-corrected chi connectivity index (χ3v) is 5.02. The second-order valence-corrected chi connectivity index (χ2v) is 7.11. The summed E-state index contributed by atoms with van der Waals surface area (Å²) in [5.74, 6) is -0.828. The van der Waals surface area contributed by atoms with Crippen LogP contribution in [0, 0.1) is 0 Å².